The monoisotopic (exact) mass is 387 g/mol. The van der Waals surface area contributed by atoms with E-state index >= 15 is 0 Å². The zero-order valence-electron chi connectivity index (χ0n) is 15.6. The maximum Gasteiger partial charge on any atom is 0.255 e. The van der Waals surface area contributed by atoms with Gasteiger partial charge in [0.1, 0.15) is 0 Å². The lowest BCUT2D eigenvalue weighted by atomic mass is 9.88. The first-order valence-electron chi connectivity index (χ1n) is 9.02. The molecule has 2 atom stereocenters. The highest BCUT2D eigenvalue weighted by atomic mass is 35.5. The van der Waals surface area contributed by atoms with Crippen LogP contribution in [0.5, 0.6) is 0 Å². The maximum absolute atomic E-state index is 12.4. The Kier molecular flexibility index (Phi) is 7.39. The van der Waals surface area contributed by atoms with Crippen molar-refractivity contribution in [2.75, 3.05) is 18.4 Å². The van der Waals surface area contributed by atoms with Gasteiger partial charge in [0, 0.05) is 17.2 Å². The zero-order valence-corrected chi connectivity index (χ0v) is 16.4. The maximum atomic E-state index is 12.4. The smallest absolute Gasteiger partial charge is 0.255 e. The third-order valence-electron chi connectivity index (χ3n) is 4.97. The molecular formula is C21H26ClN3O2. The second kappa shape index (κ2) is 9.53. The third kappa shape index (κ3) is 5.31. The van der Waals surface area contributed by atoms with E-state index in [9.17, 15) is 9.59 Å². The predicted octanol–water partition coefficient (Wildman–Crippen LogP) is 3.39. The fraction of sp³-hybridized carbons (Fsp3) is 0.333. The molecule has 3 rings (SSSR count). The quantitative estimate of drug-likeness (QED) is 0.711. The molecule has 2 aromatic rings. The van der Waals surface area contributed by atoms with Crippen molar-refractivity contribution >= 4 is 29.9 Å². The number of nitrogens with one attached hydrogen (secondary N) is 3. The largest absolute Gasteiger partial charge is 0.349 e. The van der Waals surface area contributed by atoms with Gasteiger partial charge < -0.3 is 16.0 Å². The van der Waals surface area contributed by atoms with Crippen molar-refractivity contribution in [2.45, 2.75) is 19.9 Å². The summed E-state index contributed by atoms with van der Waals surface area (Å²) in [6.45, 7) is 5.75. The van der Waals surface area contributed by atoms with Gasteiger partial charge in [0.25, 0.3) is 5.91 Å². The van der Waals surface area contributed by atoms with Crippen LogP contribution >= 0.6 is 12.4 Å². The molecule has 0 bridgehead atoms. The second-order valence-electron chi connectivity index (χ2n) is 6.88. The molecule has 6 heteroatoms. The Morgan fingerprint density at radius 3 is 2.37 bits per heavy atom. The van der Waals surface area contributed by atoms with Gasteiger partial charge in [-0.25, -0.2) is 0 Å². The first-order chi connectivity index (χ1) is 12.5. The van der Waals surface area contributed by atoms with Crippen molar-refractivity contribution in [3.63, 3.8) is 0 Å². The SMILES string of the molecule is CC(NC(=O)C(C)C1CNC1)c1cccc(NC(=O)c2ccccc2)c1.Cl. The van der Waals surface area contributed by atoms with E-state index in [1.54, 1.807) is 12.1 Å². The molecule has 2 amide bonds. The van der Waals surface area contributed by atoms with Crippen molar-refractivity contribution in [3.05, 3.63) is 65.7 Å². The molecule has 27 heavy (non-hydrogen) atoms. The predicted molar refractivity (Wildman–Crippen MR) is 110 cm³/mol. The highest BCUT2D eigenvalue weighted by Gasteiger charge is 2.29. The van der Waals surface area contributed by atoms with Crippen LogP contribution in [-0.2, 0) is 4.79 Å². The highest BCUT2D eigenvalue weighted by Crippen LogP contribution is 2.21. The van der Waals surface area contributed by atoms with Crippen LogP contribution in [0.4, 0.5) is 5.69 Å². The van der Waals surface area contributed by atoms with Crippen LogP contribution < -0.4 is 16.0 Å². The summed E-state index contributed by atoms with van der Waals surface area (Å²) < 4.78 is 0. The summed E-state index contributed by atoms with van der Waals surface area (Å²) in [5.41, 5.74) is 2.29. The van der Waals surface area contributed by atoms with Crippen molar-refractivity contribution in [1.29, 1.82) is 0 Å². The van der Waals surface area contributed by atoms with Crippen molar-refractivity contribution in [2.24, 2.45) is 11.8 Å². The van der Waals surface area contributed by atoms with E-state index in [-0.39, 0.29) is 36.2 Å². The van der Waals surface area contributed by atoms with E-state index in [1.807, 2.05) is 56.3 Å². The lowest BCUT2D eigenvalue weighted by Gasteiger charge is -2.32. The van der Waals surface area contributed by atoms with Crippen LogP contribution in [0.3, 0.4) is 0 Å². The molecule has 3 N–H and O–H groups in total. The average molecular weight is 388 g/mol. The van der Waals surface area contributed by atoms with Gasteiger partial charge in [-0.3, -0.25) is 9.59 Å². The Morgan fingerprint density at radius 1 is 1.04 bits per heavy atom. The highest BCUT2D eigenvalue weighted by molar-refractivity contribution is 6.04. The number of hydrogen-bond acceptors (Lipinski definition) is 3. The van der Waals surface area contributed by atoms with Crippen LogP contribution in [0.15, 0.2) is 54.6 Å². The lowest BCUT2D eigenvalue weighted by Crippen LogP contribution is -2.49. The number of carbonyl (C=O) groups is 2. The van der Waals surface area contributed by atoms with Gasteiger partial charge in [0.2, 0.25) is 5.91 Å². The Hall–Kier alpha value is -2.37. The van der Waals surface area contributed by atoms with Crippen LogP contribution in [0, 0.1) is 11.8 Å². The van der Waals surface area contributed by atoms with E-state index in [4.69, 9.17) is 0 Å². The van der Waals surface area contributed by atoms with Gasteiger partial charge in [-0.05, 0) is 55.8 Å². The molecule has 0 aromatic heterocycles. The van der Waals surface area contributed by atoms with Gasteiger partial charge in [-0.1, -0.05) is 37.3 Å². The minimum absolute atomic E-state index is 0. The Balaban J connectivity index is 0.00000261. The third-order valence-corrected chi connectivity index (χ3v) is 4.97. The molecule has 1 aliphatic heterocycles. The first-order valence-corrected chi connectivity index (χ1v) is 9.02. The number of rotatable bonds is 6. The minimum atomic E-state index is -0.148. The standard InChI is InChI=1S/C21H25N3O2.ClH/c1-14(18-12-22-13-18)20(25)23-15(2)17-9-6-10-19(11-17)24-21(26)16-7-4-3-5-8-16;/h3-11,14-15,18,22H,12-13H2,1-2H3,(H,23,25)(H,24,26);1H. The number of anilines is 1. The molecule has 1 fully saturated rings. The lowest BCUT2D eigenvalue weighted by molar-refractivity contribution is -0.127. The minimum Gasteiger partial charge on any atom is -0.349 e. The van der Waals surface area contributed by atoms with Crippen LogP contribution in [0.25, 0.3) is 0 Å². The topological polar surface area (TPSA) is 70.2 Å². The number of benzene rings is 2. The van der Waals surface area contributed by atoms with Crippen molar-refractivity contribution < 1.29 is 9.59 Å². The molecule has 0 radical (unpaired) electrons. The molecule has 0 spiro atoms. The van der Waals surface area contributed by atoms with Crippen molar-refractivity contribution in [3.8, 4) is 0 Å². The molecule has 144 valence electrons. The molecule has 0 aliphatic carbocycles. The summed E-state index contributed by atoms with van der Waals surface area (Å²) in [5, 5.41) is 9.18. The Morgan fingerprint density at radius 2 is 1.74 bits per heavy atom. The second-order valence-corrected chi connectivity index (χ2v) is 6.88. The Labute approximate surface area is 166 Å². The van der Waals surface area contributed by atoms with Gasteiger partial charge in [-0.2, -0.15) is 0 Å². The van der Waals surface area contributed by atoms with E-state index in [1.165, 1.54) is 0 Å². The van der Waals surface area contributed by atoms with Gasteiger partial charge in [0.15, 0.2) is 0 Å². The fourth-order valence-electron chi connectivity index (χ4n) is 2.99. The Bertz CT molecular complexity index is 778. The molecule has 0 saturated carbocycles. The molecule has 5 nitrogen and oxygen atoms in total. The van der Waals surface area contributed by atoms with Gasteiger partial charge in [-0.15, -0.1) is 12.4 Å². The van der Waals surface area contributed by atoms with Gasteiger partial charge in [0.05, 0.1) is 6.04 Å². The summed E-state index contributed by atoms with van der Waals surface area (Å²) in [4.78, 5) is 24.7. The van der Waals surface area contributed by atoms with Crippen LogP contribution in [-0.4, -0.2) is 24.9 Å². The summed E-state index contributed by atoms with van der Waals surface area (Å²) in [6.07, 6.45) is 0. The summed E-state index contributed by atoms with van der Waals surface area (Å²) in [5.74, 6) is 0.339. The number of hydrogen-bond donors (Lipinski definition) is 3. The number of carbonyl (C=O) groups excluding carboxylic acids is 2. The van der Waals surface area contributed by atoms with E-state index < -0.39 is 0 Å². The summed E-state index contributed by atoms with van der Waals surface area (Å²) in [6, 6.07) is 16.6. The summed E-state index contributed by atoms with van der Waals surface area (Å²) in [7, 11) is 0. The molecule has 2 unspecified atom stereocenters. The number of halogens is 1. The molecule has 1 aliphatic rings. The average Bonchev–Trinajstić information content (AvgIpc) is 2.61. The zero-order chi connectivity index (χ0) is 18.5. The number of amides is 2. The van der Waals surface area contributed by atoms with Crippen LogP contribution in [0.2, 0.25) is 0 Å². The van der Waals surface area contributed by atoms with E-state index in [2.05, 4.69) is 16.0 Å². The molecule has 1 heterocycles. The normalized spacial score (nSPS) is 15.6. The molecular weight excluding hydrogens is 362 g/mol. The fourth-order valence-corrected chi connectivity index (χ4v) is 2.99. The van der Waals surface area contributed by atoms with E-state index in [0.29, 0.717) is 17.2 Å². The molecule has 1 saturated heterocycles. The first kappa shape index (κ1) is 20.9. The molecule has 2 aromatic carbocycles. The van der Waals surface area contributed by atoms with Crippen LogP contribution in [0.1, 0.15) is 35.8 Å². The van der Waals surface area contributed by atoms with E-state index in [0.717, 1.165) is 18.7 Å². The summed E-state index contributed by atoms with van der Waals surface area (Å²) >= 11 is 0. The van der Waals surface area contributed by atoms with Crippen molar-refractivity contribution in [1.82, 2.24) is 10.6 Å². The van der Waals surface area contributed by atoms with Gasteiger partial charge >= 0.3 is 0 Å².